The third-order valence-corrected chi connectivity index (χ3v) is 5.89. The lowest BCUT2D eigenvalue weighted by atomic mass is 9.81. The summed E-state index contributed by atoms with van der Waals surface area (Å²) in [4.78, 5) is 27.2. The maximum Gasteiger partial charge on any atom is 0.227 e. The van der Waals surface area contributed by atoms with E-state index in [9.17, 15) is 9.59 Å². The number of amides is 2. The Hall–Kier alpha value is -1.95. The number of halogens is 1. The van der Waals surface area contributed by atoms with Gasteiger partial charge in [-0.05, 0) is 38.5 Å². The van der Waals surface area contributed by atoms with Crippen LogP contribution in [0.5, 0.6) is 11.5 Å². The van der Waals surface area contributed by atoms with Gasteiger partial charge in [0.05, 0.1) is 24.9 Å². The summed E-state index contributed by atoms with van der Waals surface area (Å²) in [5.41, 5.74) is 0.541. The Kier molecular flexibility index (Phi) is 6.47. The van der Waals surface area contributed by atoms with Crippen LogP contribution in [0.3, 0.4) is 0 Å². The quantitative estimate of drug-likeness (QED) is 0.826. The number of nitrogens with one attached hydrogen (secondary N) is 1. The van der Waals surface area contributed by atoms with Gasteiger partial charge >= 0.3 is 0 Å². The van der Waals surface area contributed by atoms with Gasteiger partial charge in [0.2, 0.25) is 11.8 Å². The Balaban J connectivity index is 1.59. The third kappa shape index (κ3) is 4.49. The van der Waals surface area contributed by atoms with E-state index in [-0.39, 0.29) is 23.7 Å². The Morgan fingerprint density at radius 1 is 1.00 bits per heavy atom. The fourth-order valence-corrected chi connectivity index (χ4v) is 4.22. The van der Waals surface area contributed by atoms with E-state index in [2.05, 4.69) is 5.32 Å². The zero-order chi connectivity index (χ0) is 19.4. The van der Waals surface area contributed by atoms with Crippen molar-refractivity contribution in [2.75, 3.05) is 32.6 Å². The number of methoxy groups -OCH3 is 2. The van der Waals surface area contributed by atoms with E-state index in [0.717, 1.165) is 51.6 Å². The van der Waals surface area contributed by atoms with Gasteiger partial charge in [-0.25, -0.2) is 0 Å². The van der Waals surface area contributed by atoms with Crippen LogP contribution >= 0.6 is 11.6 Å². The first-order valence-electron chi connectivity index (χ1n) is 9.54. The molecular weight excluding hydrogens is 368 g/mol. The molecule has 1 aromatic rings. The Labute approximate surface area is 165 Å². The van der Waals surface area contributed by atoms with Crippen molar-refractivity contribution in [2.45, 2.75) is 38.5 Å². The highest BCUT2D eigenvalue weighted by Crippen LogP contribution is 2.37. The van der Waals surface area contributed by atoms with Crippen molar-refractivity contribution in [2.24, 2.45) is 11.8 Å². The molecule has 2 aliphatic rings. The molecule has 0 bridgehead atoms. The molecule has 2 amide bonds. The maximum absolute atomic E-state index is 12.7. The van der Waals surface area contributed by atoms with Crippen LogP contribution in [0.1, 0.15) is 38.5 Å². The molecule has 148 valence electrons. The molecule has 6 nitrogen and oxygen atoms in total. The second-order valence-corrected chi connectivity index (χ2v) is 7.66. The van der Waals surface area contributed by atoms with Crippen LogP contribution in [0.15, 0.2) is 12.1 Å². The molecule has 0 aromatic heterocycles. The molecule has 7 heteroatoms. The highest BCUT2D eigenvalue weighted by Gasteiger charge is 2.33. The average molecular weight is 395 g/mol. The molecule has 27 heavy (non-hydrogen) atoms. The van der Waals surface area contributed by atoms with Crippen LogP contribution in [0.4, 0.5) is 5.69 Å². The molecule has 1 heterocycles. The SMILES string of the molecule is COc1cc(NC(=O)C2CCC(C(=O)N3CCCC3)CC2)c(OC)cc1Cl. The van der Waals surface area contributed by atoms with Gasteiger partial charge < -0.3 is 19.7 Å². The van der Waals surface area contributed by atoms with Crippen molar-refractivity contribution in [3.63, 3.8) is 0 Å². The summed E-state index contributed by atoms with van der Waals surface area (Å²) in [6.45, 7) is 1.77. The largest absolute Gasteiger partial charge is 0.495 e. The molecule has 3 rings (SSSR count). The number of ether oxygens (including phenoxy) is 2. The van der Waals surface area contributed by atoms with Crippen LogP contribution < -0.4 is 14.8 Å². The van der Waals surface area contributed by atoms with Gasteiger partial charge in [0.1, 0.15) is 11.5 Å². The summed E-state index contributed by atoms with van der Waals surface area (Å²) in [7, 11) is 3.06. The van der Waals surface area contributed by atoms with Crippen molar-refractivity contribution < 1.29 is 19.1 Å². The lowest BCUT2D eigenvalue weighted by Crippen LogP contribution is -2.37. The summed E-state index contributed by atoms with van der Waals surface area (Å²) in [5.74, 6) is 1.16. The molecule has 2 fully saturated rings. The molecule has 1 N–H and O–H groups in total. The molecule has 1 aliphatic carbocycles. The molecule has 1 aromatic carbocycles. The zero-order valence-corrected chi connectivity index (χ0v) is 16.7. The van der Waals surface area contributed by atoms with Crippen molar-refractivity contribution in [3.8, 4) is 11.5 Å². The van der Waals surface area contributed by atoms with Gasteiger partial charge in [0.15, 0.2) is 0 Å². The van der Waals surface area contributed by atoms with E-state index in [1.165, 1.54) is 14.2 Å². The minimum absolute atomic E-state index is 0.0512. The van der Waals surface area contributed by atoms with Crippen molar-refractivity contribution >= 4 is 29.1 Å². The van der Waals surface area contributed by atoms with Gasteiger partial charge in [-0.1, -0.05) is 11.6 Å². The lowest BCUT2D eigenvalue weighted by Gasteiger charge is -2.30. The number of hydrogen-bond donors (Lipinski definition) is 1. The Bertz CT molecular complexity index is 695. The molecule has 0 atom stereocenters. The summed E-state index contributed by atoms with van der Waals surface area (Å²) < 4.78 is 10.5. The summed E-state index contributed by atoms with van der Waals surface area (Å²) in [6.07, 6.45) is 5.21. The van der Waals surface area contributed by atoms with Gasteiger partial charge in [-0.2, -0.15) is 0 Å². The third-order valence-electron chi connectivity index (χ3n) is 5.60. The van der Waals surface area contributed by atoms with E-state index in [1.807, 2.05) is 4.90 Å². The van der Waals surface area contributed by atoms with Gasteiger partial charge in [-0.3, -0.25) is 9.59 Å². The highest BCUT2D eigenvalue weighted by atomic mass is 35.5. The van der Waals surface area contributed by atoms with Crippen molar-refractivity contribution in [1.82, 2.24) is 4.90 Å². The average Bonchev–Trinajstić information content (AvgIpc) is 3.23. The van der Waals surface area contributed by atoms with Gasteiger partial charge in [0, 0.05) is 37.1 Å². The lowest BCUT2D eigenvalue weighted by molar-refractivity contribution is -0.136. The number of rotatable bonds is 5. The molecule has 0 radical (unpaired) electrons. The molecule has 0 unspecified atom stereocenters. The summed E-state index contributed by atoms with van der Waals surface area (Å²) >= 11 is 6.11. The predicted octanol–water partition coefficient (Wildman–Crippen LogP) is 3.72. The highest BCUT2D eigenvalue weighted by molar-refractivity contribution is 6.32. The molecule has 1 saturated carbocycles. The second kappa shape index (κ2) is 8.83. The van der Waals surface area contributed by atoms with Crippen LogP contribution in [-0.2, 0) is 9.59 Å². The number of carbonyl (C=O) groups excluding carboxylic acids is 2. The first-order chi connectivity index (χ1) is 13.0. The molecule has 1 aliphatic heterocycles. The zero-order valence-electron chi connectivity index (χ0n) is 15.9. The van der Waals surface area contributed by atoms with Gasteiger partial charge in [0.25, 0.3) is 0 Å². The minimum atomic E-state index is -0.0981. The minimum Gasteiger partial charge on any atom is -0.495 e. The number of carbonyl (C=O) groups is 2. The fourth-order valence-electron chi connectivity index (χ4n) is 3.99. The standard InChI is InChI=1S/C20H27ClN2O4/c1-26-17-12-16(18(27-2)11-15(17)21)22-19(24)13-5-7-14(8-6-13)20(25)23-9-3-4-10-23/h11-14H,3-10H2,1-2H3,(H,22,24). The van der Waals surface area contributed by atoms with Crippen LogP contribution in [-0.4, -0.2) is 44.0 Å². The van der Waals surface area contributed by atoms with E-state index >= 15 is 0 Å². The first-order valence-corrected chi connectivity index (χ1v) is 9.92. The Morgan fingerprint density at radius 2 is 1.59 bits per heavy atom. The van der Waals surface area contributed by atoms with Crippen LogP contribution in [0.25, 0.3) is 0 Å². The van der Waals surface area contributed by atoms with Crippen LogP contribution in [0, 0.1) is 11.8 Å². The Morgan fingerprint density at radius 3 is 2.19 bits per heavy atom. The van der Waals surface area contributed by atoms with Crippen molar-refractivity contribution in [1.29, 1.82) is 0 Å². The summed E-state index contributed by atoms with van der Waals surface area (Å²) in [5, 5.41) is 3.36. The maximum atomic E-state index is 12.7. The van der Waals surface area contributed by atoms with Crippen LogP contribution in [0.2, 0.25) is 5.02 Å². The van der Waals surface area contributed by atoms with Gasteiger partial charge in [-0.15, -0.1) is 0 Å². The first kappa shape index (κ1) is 19.8. The fraction of sp³-hybridized carbons (Fsp3) is 0.600. The summed E-state index contributed by atoms with van der Waals surface area (Å²) in [6, 6.07) is 3.29. The predicted molar refractivity (Wildman–Crippen MR) is 104 cm³/mol. The number of hydrogen-bond acceptors (Lipinski definition) is 4. The van der Waals surface area contributed by atoms with E-state index < -0.39 is 0 Å². The number of likely N-dealkylation sites (tertiary alicyclic amines) is 1. The number of nitrogens with zero attached hydrogens (tertiary/aromatic N) is 1. The number of benzene rings is 1. The molecule has 1 saturated heterocycles. The second-order valence-electron chi connectivity index (χ2n) is 7.26. The van der Waals surface area contributed by atoms with E-state index in [0.29, 0.717) is 22.2 Å². The van der Waals surface area contributed by atoms with Crippen molar-refractivity contribution in [3.05, 3.63) is 17.2 Å². The monoisotopic (exact) mass is 394 g/mol. The normalized spacial score (nSPS) is 22.4. The topological polar surface area (TPSA) is 67.9 Å². The molecular formula is C20H27ClN2O4. The molecule has 0 spiro atoms. The number of anilines is 1. The smallest absolute Gasteiger partial charge is 0.227 e. The van der Waals surface area contributed by atoms with E-state index in [1.54, 1.807) is 12.1 Å². The van der Waals surface area contributed by atoms with E-state index in [4.69, 9.17) is 21.1 Å².